The van der Waals surface area contributed by atoms with Crippen molar-refractivity contribution in [2.45, 2.75) is 13.5 Å². The number of fused-ring (bicyclic) bond motifs is 1. The fourth-order valence-corrected chi connectivity index (χ4v) is 1.99. The first-order valence-corrected chi connectivity index (χ1v) is 5.40. The molecule has 14 heavy (non-hydrogen) atoms. The topological polar surface area (TPSA) is 50.9 Å². The Kier molecular flexibility index (Phi) is 2.69. The molecule has 0 unspecified atom stereocenters. The Labute approximate surface area is 95.1 Å². The molecule has 2 aromatic heterocycles. The van der Waals surface area contributed by atoms with Crippen LogP contribution in [0, 0.1) is 10.5 Å². The fourth-order valence-electron chi connectivity index (χ4n) is 1.46. The summed E-state index contributed by atoms with van der Waals surface area (Å²) in [5.74, 6) is 0.894. The van der Waals surface area contributed by atoms with E-state index in [2.05, 4.69) is 32.6 Å². The molecule has 0 saturated heterocycles. The van der Waals surface area contributed by atoms with E-state index in [1.165, 1.54) is 0 Å². The van der Waals surface area contributed by atoms with Gasteiger partial charge in [-0.15, -0.1) is 0 Å². The van der Waals surface area contributed by atoms with E-state index in [0.717, 1.165) is 20.6 Å². The molecule has 0 aliphatic rings. The van der Waals surface area contributed by atoms with Crippen molar-refractivity contribution in [1.82, 2.24) is 14.5 Å². The molecule has 0 fully saturated rings. The number of pyridine rings is 1. The van der Waals surface area contributed by atoms with Crippen molar-refractivity contribution < 1.29 is 5.11 Å². The minimum atomic E-state index is 0.111. The van der Waals surface area contributed by atoms with Gasteiger partial charge in [-0.05, 0) is 35.6 Å². The predicted octanol–water partition coefficient (Wildman–Crippen LogP) is 1.34. The van der Waals surface area contributed by atoms with Crippen LogP contribution in [0.2, 0.25) is 0 Å². The summed E-state index contributed by atoms with van der Waals surface area (Å²) in [6.07, 6.45) is 1.76. The molecule has 0 bridgehead atoms. The van der Waals surface area contributed by atoms with Gasteiger partial charge in [0.25, 0.3) is 0 Å². The third kappa shape index (κ3) is 1.50. The molecule has 4 nitrogen and oxygen atoms in total. The van der Waals surface area contributed by atoms with Crippen molar-refractivity contribution in [3.63, 3.8) is 0 Å². The number of aliphatic hydroxyl groups is 1. The Hall–Kier alpha value is -0.690. The summed E-state index contributed by atoms with van der Waals surface area (Å²) in [5, 5.41) is 8.91. The van der Waals surface area contributed by atoms with Crippen molar-refractivity contribution in [2.24, 2.45) is 0 Å². The maximum absolute atomic E-state index is 8.91. The number of aromatic nitrogens is 3. The summed E-state index contributed by atoms with van der Waals surface area (Å²) in [6, 6.07) is 1.93. The Balaban J connectivity index is 2.70. The number of hydrogen-bond acceptors (Lipinski definition) is 3. The average molecular weight is 303 g/mol. The van der Waals surface area contributed by atoms with E-state index < -0.39 is 0 Å². The zero-order valence-electron chi connectivity index (χ0n) is 7.74. The van der Waals surface area contributed by atoms with Gasteiger partial charge in [-0.3, -0.25) is 0 Å². The van der Waals surface area contributed by atoms with Crippen LogP contribution in [0.3, 0.4) is 0 Å². The third-order valence-electron chi connectivity index (χ3n) is 2.10. The Morgan fingerprint density at radius 1 is 1.57 bits per heavy atom. The molecule has 0 saturated carbocycles. The summed E-state index contributed by atoms with van der Waals surface area (Å²) in [7, 11) is 0. The van der Waals surface area contributed by atoms with Gasteiger partial charge in [0.2, 0.25) is 0 Å². The second kappa shape index (κ2) is 3.82. The highest BCUT2D eigenvalue weighted by molar-refractivity contribution is 14.1. The number of aryl methyl sites for hydroxylation is 1. The van der Waals surface area contributed by atoms with Crippen LogP contribution >= 0.6 is 22.6 Å². The van der Waals surface area contributed by atoms with E-state index in [4.69, 9.17) is 5.11 Å². The van der Waals surface area contributed by atoms with Crippen LogP contribution in [0.15, 0.2) is 12.3 Å². The van der Waals surface area contributed by atoms with Gasteiger partial charge in [0.1, 0.15) is 11.3 Å². The van der Waals surface area contributed by atoms with Gasteiger partial charge >= 0.3 is 0 Å². The predicted molar refractivity (Wildman–Crippen MR) is 62.1 cm³/mol. The molecule has 1 N–H and O–H groups in total. The highest BCUT2D eigenvalue weighted by Gasteiger charge is 2.09. The van der Waals surface area contributed by atoms with E-state index in [-0.39, 0.29) is 6.61 Å². The molecule has 74 valence electrons. The highest BCUT2D eigenvalue weighted by Crippen LogP contribution is 2.18. The first-order valence-electron chi connectivity index (χ1n) is 4.32. The number of rotatable bonds is 2. The third-order valence-corrected chi connectivity index (χ3v) is 2.97. The maximum Gasteiger partial charge on any atom is 0.161 e. The Morgan fingerprint density at radius 3 is 3.07 bits per heavy atom. The smallest absolute Gasteiger partial charge is 0.161 e. The summed E-state index contributed by atoms with van der Waals surface area (Å²) in [4.78, 5) is 8.68. The molecule has 0 spiro atoms. The fraction of sp³-hybridized carbons (Fsp3) is 0.333. The van der Waals surface area contributed by atoms with E-state index >= 15 is 0 Å². The molecule has 2 rings (SSSR count). The SMILES string of the molecule is Cc1nc2c(I)ccnc2n1CCO. The molecule has 0 aliphatic carbocycles. The molecule has 0 aromatic carbocycles. The number of hydrogen-bond donors (Lipinski definition) is 1. The lowest BCUT2D eigenvalue weighted by Crippen LogP contribution is -2.04. The van der Waals surface area contributed by atoms with Crippen molar-refractivity contribution in [3.05, 3.63) is 21.7 Å². The van der Waals surface area contributed by atoms with Crippen LogP contribution < -0.4 is 0 Å². The van der Waals surface area contributed by atoms with Crippen LogP contribution in [0.25, 0.3) is 11.2 Å². The van der Waals surface area contributed by atoms with Crippen molar-refractivity contribution in [3.8, 4) is 0 Å². The minimum absolute atomic E-state index is 0.111. The molecule has 2 heterocycles. The van der Waals surface area contributed by atoms with Crippen LogP contribution in [0.1, 0.15) is 5.82 Å². The average Bonchev–Trinajstić information content (AvgIpc) is 2.47. The minimum Gasteiger partial charge on any atom is -0.395 e. The van der Waals surface area contributed by atoms with Gasteiger partial charge in [0.05, 0.1) is 6.61 Å². The van der Waals surface area contributed by atoms with E-state index in [1.807, 2.05) is 17.6 Å². The maximum atomic E-state index is 8.91. The van der Waals surface area contributed by atoms with Gasteiger partial charge in [-0.25, -0.2) is 9.97 Å². The van der Waals surface area contributed by atoms with E-state index in [9.17, 15) is 0 Å². The summed E-state index contributed by atoms with van der Waals surface area (Å²) < 4.78 is 3.02. The lowest BCUT2D eigenvalue weighted by Gasteiger charge is -2.02. The molecular formula is C9H10IN3O. The van der Waals surface area contributed by atoms with Crippen LogP contribution in [0.4, 0.5) is 0 Å². The first-order chi connectivity index (χ1) is 6.74. The van der Waals surface area contributed by atoms with Crippen molar-refractivity contribution in [1.29, 1.82) is 0 Å². The molecule has 2 aromatic rings. The number of nitrogens with zero attached hydrogens (tertiary/aromatic N) is 3. The van der Waals surface area contributed by atoms with Gasteiger partial charge in [-0.1, -0.05) is 0 Å². The van der Waals surface area contributed by atoms with Crippen molar-refractivity contribution in [2.75, 3.05) is 6.61 Å². The van der Waals surface area contributed by atoms with Crippen LogP contribution in [-0.2, 0) is 6.54 Å². The number of aliphatic hydroxyl groups excluding tert-OH is 1. The molecule has 0 aliphatic heterocycles. The van der Waals surface area contributed by atoms with Crippen LogP contribution in [-0.4, -0.2) is 26.2 Å². The van der Waals surface area contributed by atoms with Gasteiger partial charge in [0, 0.05) is 16.3 Å². The number of imidazole rings is 1. The standard InChI is InChI=1S/C9H10IN3O/c1-6-12-8-7(10)2-3-11-9(8)13(6)4-5-14/h2-3,14H,4-5H2,1H3. The van der Waals surface area contributed by atoms with E-state index in [1.54, 1.807) is 6.20 Å². The summed E-state index contributed by atoms with van der Waals surface area (Å²) in [6.45, 7) is 2.59. The zero-order chi connectivity index (χ0) is 10.1. The molecule has 5 heteroatoms. The molecule has 0 amide bonds. The second-order valence-corrected chi connectivity index (χ2v) is 4.16. The lowest BCUT2D eigenvalue weighted by molar-refractivity contribution is 0.276. The van der Waals surface area contributed by atoms with Crippen molar-refractivity contribution >= 4 is 33.8 Å². The van der Waals surface area contributed by atoms with E-state index in [0.29, 0.717) is 6.54 Å². The molecule has 0 atom stereocenters. The highest BCUT2D eigenvalue weighted by atomic mass is 127. The molecular weight excluding hydrogens is 293 g/mol. The summed E-state index contributed by atoms with van der Waals surface area (Å²) in [5.41, 5.74) is 1.77. The summed E-state index contributed by atoms with van der Waals surface area (Å²) >= 11 is 2.24. The molecule has 0 radical (unpaired) electrons. The largest absolute Gasteiger partial charge is 0.395 e. The lowest BCUT2D eigenvalue weighted by atomic mass is 10.4. The Bertz CT molecular complexity index is 466. The monoisotopic (exact) mass is 303 g/mol. The first kappa shape index (κ1) is 9.85. The second-order valence-electron chi connectivity index (χ2n) is 3.00. The van der Waals surface area contributed by atoms with Gasteiger partial charge < -0.3 is 9.67 Å². The quantitative estimate of drug-likeness (QED) is 0.852. The number of halogens is 1. The Morgan fingerprint density at radius 2 is 2.36 bits per heavy atom. The zero-order valence-corrected chi connectivity index (χ0v) is 9.89. The van der Waals surface area contributed by atoms with Gasteiger partial charge in [0.15, 0.2) is 5.65 Å². The van der Waals surface area contributed by atoms with Crippen LogP contribution in [0.5, 0.6) is 0 Å². The van der Waals surface area contributed by atoms with Gasteiger partial charge in [-0.2, -0.15) is 0 Å². The normalized spacial score (nSPS) is 11.1.